The zero-order valence-corrected chi connectivity index (χ0v) is 23.8. The Kier molecular flexibility index (Phi) is 7.89. The minimum absolute atomic E-state index is 0.0445. The molecule has 218 valence electrons. The van der Waals surface area contributed by atoms with E-state index in [1.807, 2.05) is 0 Å². The highest BCUT2D eigenvalue weighted by atomic mass is 35.5. The zero-order valence-electron chi connectivity index (χ0n) is 21.5. The van der Waals surface area contributed by atoms with Crippen LogP contribution in [0.25, 0.3) is 5.82 Å². The molecular formula is C25H22Cl2F3N5O5S. The summed E-state index contributed by atoms with van der Waals surface area (Å²) in [4.78, 5) is 32.1. The van der Waals surface area contributed by atoms with E-state index in [2.05, 4.69) is 15.4 Å². The molecule has 2 fully saturated rings. The lowest BCUT2D eigenvalue weighted by molar-refractivity contribution is -0.303. The van der Waals surface area contributed by atoms with E-state index in [1.54, 1.807) is 19.1 Å². The van der Waals surface area contributed by atoms with Crippen molar-refractivity contribution in [2.75, 3.05) is 37.0 Å². The van der Waals surface area contributed by atoms with Gasteiger partial charge in [0, 0.05) is 24.4 Å². The highest BCUT2D eigenvalue weighted by Gasteiger charge is 2.63. The molecule has 0 saturated carbocycles. The molecule has 1 aromatic carbocycles. The Morgan fingerprint density at radius 3 is 2.54 bits per heavy atom. The number of likely N-dealkylation sites (tertiary alicyclic amines) is 1. The SMILES string of the molecule is COC1(C(F)(F)F)CN(C(=O)c2cc(Cl)cc(C)c2NC(=O)c2cc(OC3C[S+]([O-])C3)nn2-c2ncccc2Cl)C1. The summed E-state index contributed by atoms with van der Waals surface area (Å²) in [5, 5.41) is 7.32. The second-order valence-electron chi connectivity index (χ2n) is 9.56. The summed E-state index contributed by atoms with van der Waals surface area (Å²) in [6, 6.07) is 7.26. The summed E-state index contributed by atoms with van der Waals surface area (Å²) in [6.45, 7) is 0.145. The van der Waals surface area contributed by atoms with Gasteiger partial charge in [0.1, 0.15) is 17.2 Å². The average Bonchev–Trinajstić information content (AvgIpc) is 3.27. The Morgan fingerprint density at radius 2 is 1.93 bits per heavy atom. The Bertz CT molecular complexity index is 1510. The number of aromatic nitrogens is 3. The lowest BCUT2D eigenvalue weighted by atomic mass is 9.91. The molecule has 2 aliphatic heterocycles. The van der Waals surface area contributed by atoms with E-state index >= 15 is 0 Å². The van der Waals surface area contributed by atoms with E-state index in [-0.39, 0.29) is 44.8 Å². The number of carbonyl (C=O) groups is 2. The maximum atomic E-state index is 13.6. The quantitative estimate of drug-likeness (QED) is 0.391. The van der Waals surface area contributed by atoms with E-state index in [0.29, 0.717) is 17.1 Å². The van der Waals surface area contributed by atoms with Crippen LogP contribution in [0.2, 0.25) is 10.0 Å². The van der Waals surface area contributed by atoms with Crippen molar-refractivity contribution in [1.82, 2.24) is 19.7 Å². The maximum absolute atomic E-state index is 13.6. The van der Waals surface area contributed by atoms with Gasteiger partial charge in [0.2, 0.25) is 5.88 Å². The number of halogens is 5. The Labute approximate surface area is 244 Å². The summed E-state index contributed by atoms with van der Waals surface area (Å²) in [6.07, 6.45) is -3.57. The fraction of sp³-hybridized carbons (Fsp3) is 0.360. The minimum Gasteiger partial charge on any atom is -0.616 e. The van der Waals surface area contributed by atoms with Gasteiger partial charge in [-0.05, 0) is 47.9 Å². The summed E-state index contributed by atoms with van der Waals surface area (Å²) in [5.74, 6) is -0.681. The first-order valence-electron chi connectivity index (χ1n) is 12.1. The molecule has 0 aliphatic carbocycles. The third-order valence-corrected chi connectivity index (χ3v) is 8.75. The molecule has 4 heterocycles. The number of methoxy groups -OCH3 is 1. The molecule has 0 spiro atoms. The highest BCUT2D eigenvalue weighted by molar-refractivity contribution is 7.92. The number of alkyl halides is 3. The average molecular weight is 632 g/mol. The molecule has 0 unspecified atom stereocenters. The largest absolute Gasteiger partial charge is 0.616 e. The first kappa shape index (κ1) is 29.5. The molecule has 0 atom stereocenters. The first-order valence-corrected chi connectivity index (χ1v) is 14.3. The van der Waals surface area contributed by atoms with Gasteiger partial charge >= 0.3 is 6.18 Å². The fourth-order valence-electron chi connectivity index (χ4n) is 4.44. The number of aryl methyl sites for hydroxylation is 1. The van der Waals surface area contributed by atoms with Crippen LogP contribution in [0, 0.1) is 6.92 Å². The third kappa shape index (κ3) is 5.58. The minimum atomic E-state index is -4.68. The molecule has 2 aromatic heterocycles. The van der Waals surface area contributed by atoms with Gasteiger partial charge in [0.05, 0.1) is 29.4 Å². The second-order valence-corrected chi connectivity index (χ2v) is 11.9. The van der Waals surface area contributed by atoms with Crippen molar-refractivity contribution >= 4 is 51.9 Å². The fourth-order valence-corrected chi connectivity index (χ4v) is 5.78. The molecule has 41 heavy (non-hydrogen) atoms. The lowest BCUT2D eigenvalue weighted by Gasteiger charge is -2.49. The number of benzene rings is 1. The van der Waals surface area contributed by atoms with Crippen LogP contribution in [-0.2, 0) is 15.9 Å². The topological polar surface area (TPSA) is 122 Å². The van der Waals surface area contributed by atoms with Crippen molar-refractivity contribution < 1.29 is 36.8 Å². The molecule has 2 amide bonds. The zero-order chi connectivity index (χ0) is 29.7. The van der Waals surface area contributed by atoms with E-state index in [1.165, 1.54) is 29.1 Å². The van der Waals surface area contributed by atoms with Crippen LogP contribution < -0.4 is 10.1 Å². The van der Waals surface area contributed by atoms with Gasteiger partial charge in [-0.3, -0.25) is 9.59 Å². The monoisotopic (exact) mass is 631 g/mol. The van der Waals surface area contributed by atoms with Crippen molar-refractivity contribution in [2.24, 2.45) is 0 Å². The van der Waals surface area contributed by atoms with Gasteiger partial charge in [0.25, 0.3) is 11.8 Å². The molecule has 5 rings (SSSR count). The number of carbonyl (C=O) groups excluding carboxylic acids is 2. The summed E-state index contributed by atoms with van der Waals surface area (Å²) < 4.78 is 63.6. The molecule has 16 heteroatoms. The molecular weight excluding hydrogens is 610 g/mol. The van der Waals surface area contributed by atoms with E-state index in [4.69, 9.17) is 32.7 Å². The van der Waals surface area contributed by atoms with Crippen LogP contribution in [-0.4, -0.2) is 85.6 Å². The number of nitrogens with zero attached hydrogens (tertiary/aromatic N) is 4. The number of anilines is 1. The van der Waals surface area contributed by atoms with Crippen LogP contribution in [0.3, 0.4) is 0 Å². The predicted octanol–water partition coefficient (Wildman–Crippen LogP) is 4.05. The number of nitrogens with one attached hydrogen (secondary N) is 1. The Balaban J connectivity index is 1.46. The Morgan fingerprint density at radius 1 is 1.22 bits per heavy atom. The van der Waals surface area contributed by atoms with Gasteiger partial charge in [-0.1, -0.05) is 23.2 Å². The number of amides is 2. The maximum Gasteiger partial charge on any atom is 0.420 e. The summed E-state index contributed by atoms with van der Waals surface area (Å²) >= 11 is 11.5. The van der Waals surface area contributed by atoms with Crippen molar-refractivity contribution in [1.29, 1.82) is 0 Å². The predicted molar refractivity (Wildman–Crippen MR) is 145 cm³/mol. The molecule has 3 aromatic rings. The molecule has 10 nitrogen and oxygen atoms in total. The van der Waals surface area contributed by atoms with Crippen LogP contribution >= 0.6 is 23.2 Å². The van der Waals surface area contributed by atoms with E-state index in [0.717, 1.165) is 12.0 Å². The third-order valence-electron chi connectivity index (χ3n) is 6.75. The summed E-state index contributed by atoms with van der Waals surface area (Å²) in [7, 11) is 0.934. The Hall–Kier alpha value is -3.04. The number of ether oxygens (including phenoxy) is 2. The van der Waals surface area contributed by atoms with E-state index < -0.39 is 47.9 Å². The standard InChI is InChI=1S/C25H22Cl2F3N5O5S/c1-13-6-14(26)7-16(23(37)34-11-24(12-34,39-2)25(28,29)30)20(13)32-22(36)18-8-19(40-15-9-41(38)10-15)33-35(18)21-17(27)4-3-5-31-21/h3-8,15H,9-12H2,1-2H3,(H,32,36). The molecule has 0 bridgehead atoms. The van der Waals surface area contributed by atoms with Crippen LogP contribution in [0.15, 0.2) is 36.5 Å². The first-order chi connectivity index (χ1) is 19.3. The van der Waals surface area contributed by atoms with Crippen molar-refractivity contribution in [3.63, 3.8) is 0 Å². The van der Waals surface area contributed by atoms with Crippen LogP contribution in [0.5, 0.6) is 5.88 Å². The molecule has 1 N–H and O–H groups in total. The van der Waals surface area contributed by atoms with Gasteiger partial charge in [-0.15, -0.1) is 5.10 Å². The molecule has 2 saturated heterocycles. The van der Waals surface area contributed by atoms with Crippen molar-refractivity contribution in [3.8, 4) is 11.7 Å². The number of rotatable bonds is 7. The van der Waals surface area contributed by atoms with Gasteiger partial charge in [0.15, 0.2) is 17.5 Å². The van der Waals surface area contributed by atoms with Gasteiger partial charge in [-0.25, -0.2) is 9.67 Å². The van der Waals surface area contributed by atoms with Gasteiger partial charge in [-0.2, -0.15) is 13.2 Å². The van der Waals surface area contributed by atoms with Crippen LogP contribution in [0.1, 0.15) is 26.4 Å². The highest BCUT2D eigenvalue weighted by Crippen LogP contribution is 2.42. The van der Waals surface area contributed by atoms with Gasteiger partial charge < -0.3 is 24.2 Å². The van der Waals surface area contributed by atoms with E-state index in [9.17, 15) is 27.3 Å². The number of hydrogen-bond donors (Lipinski definition) is 1. The van der Waals surface area contributed by atoms with Crippen molar-refractivity contribution in [3.05, 3.63) is 63.4 Å². The number of hydrogen-bond acceptors (Lipinski definition) is 7. The van der Waals surface area contributed by atoms with Crippen LogP contribution in [0.4, 0.5) is 18.9 Å². The summed E-state index contributed by atoms with van der Waals surface area (Å²) in [5.41, 5.74) is -2.21. The van der Waals surface area contributed by atoms with Crippen molar-refractivity contribution in [2.45, 2.75) is 24.8 Å². The second kappa shape index (κ2) is 11.0. The lowest BCUT2D eigenvalue weighted by Crippen LogP contribution is -2.71. The number of pyridine rings is 1. The molecule has 2 aliphatic rings. The normalized spacial score (nSPS) is 19.8. The smallest absolute Gasteiger partial charge is 0.420 e. The molecule has 0 radical (unpaired) electrons.